The predicted octanol–water partition coefficient (Wildman–Crippen LogP) is 2.67. The molecule has 17 heavy (non-hydrogen) atoms. The number of esters is 1. The summed E-state index contributed by atoms with van der Waals surface area (Å²) in [7, 11) is 1.36. The number of phenols is 1. The predicted molar refractivity (Wildman–Crippen MR) is 73.6 cm³/mol. The summed E-state index contributed by atoms with van der Waals surface area (Å²) < 4.78 is 5.39. The highest BCUT2D eigenvalue weighted by atomic mass is 127. The van der Waals surface area contributed by atoms with Crippen molar-refractivity contribution < 1.29 is 14.6 Å². The standard InChI is InChI=1S/C13H13IO3/c1-3-4-9(8-13(16)17-2)10-5-6-12(15)11(14)7-10/h5-7,9,15H,8H2,1-2H3/t9-/m1/s1. The van der Waals surface area contributed by atoms with E-state index in [1.807, 2.05) is 28.7 Å². The van der Waals surface area contributed by atoms with Crippen molar-refractivity contribution in [2.45, 2.75) is 19.3 Å². The zero-order chi connectivity index (χ0) is 12.8. The Morgan fingerprint density at radius 2 is 2.29 bits per heavy atom. The Morgan fingerprint density at radius 3 is 2.82 bits per heavy atom. The smallest absolute Gasteiger partial charge is 0.307 e. The lowest BCUT2D eigenvalue weighted by atomic mass is 9.96. The molecule has 1 N–H and O–H groups in total. The summed E-state index contributed by atoms with van der Waals surface area (Å²) in [6.07, 6.45) is 0.220. The summed E-state index contributed by atoms with van der Waals surface area (Å²) in [6.45, 7) is 1.73. The van der Waals surface area contributed by atoms with Gasteiger partial charge in [-0.2, -0.15) is 0 Å². The maximum absolute atomic E-state index is 11.3. The number of hydrogen-bond donors (Lipinski definition) is 1. The van der Waals surface area contributed by atoms with Crippen molar-refractivity contribution in [2.75, 3.05) is 7.11 Å². The van der Waals surface area contributed by atoms with Gasteiger partial charge in [-0.3, -0.25) is 4.79 Å². The van der Waals surface area contributed by atoms with Gasteiger partial charge in [0.1, 0.15) is 5.75 Å². The van der Waals surface area contributed by atoms with E-state index in [1.54, 1.807) is 19.1 Å². The first-order chi connectivity index (χ1) is 8.08. The zero-order valence-electron chi connectivity index (χ0n) is 9.66. The number of aromatic hydroxyl groups is 1. The Morgan fingerprint density at radius 1 is 1.59 bits per heavy atom. The van der Waals surface area contributed by atoms with Gasteiger partial charge < -0.3 is 9.84 Å². The monoisotopic (exact) mass is 344 g/mol. The molecule has 0 aromatic heterocycles. The van der Waals surface area contributed by atoms with E-state index in [9.17, 15) is 9.90 Å². The maximum atomic E-state index is 11.3. The average Bonchev–Trinajstić information content (AvgIpc) is 2.32. The van der Waals surface area contributed by atoms with Gasteiger partial charge in [0, 0.05) is 0 Å². The Hall–Kier alpha value is -1.22. The Kier molecular flexibility index (Phi) is 5.29. The summed E-state index contributed by atoms with van der Waals surface area (Å²) in [5.41, 5.74) is 0.909. The summed E-state index contributed by atoms with van der Waals surface area (Å²) in [4.78, 5) is 11.3. The third kappa shape index (κ3) is 3.93. The van der Waals surface area contributed by atoms with Crippen LogP contribution in [0, 0.1) is 15.4 Å². The van der Waals surface area contributed by atoms with Crippen LogP contribution in [0.4, 0.5) is 0 Å². The molecule has 0 aliphatic carbocycles. The molecule has 0 unspecified atom stereocenters. The molecule has 0 bridgehead atoms. The molecular weight excluding hydrogens is 331 g/mol. The molecule has 4 heteroatoms. The number of rotatable bonds is 3. The first kappa shape index (κ1) is 13.8. The quantitative estimate of drug-likeness (QED) is 0.521. The fourth-order valence-electron chi connectivity index (χ4n) is 1.42. The van der Waals surface area contributed by atoms with E-state index in [2.05, 4.69) is 16.6 Å². The molecule has 0 heterocycles. The molecule has 0 fully saturated rings. The van der Waals surface area contributed by atoms with Gasteiger partial charge in [-0.15, -0.1) is 5.92 Å². The van der Waals surface area contributed by atoms with Crippen molar-refractivity contribution in [1.82, 2.24) is 0 Å². The molecule has 90 valence electrons. The third-order valence-corrected chi connectivity index (χ3v) is 3.16. The van der Waals surface area contributed by atoms with Crippen molar-refractivity contribution in [2.24, 2.45) is 0 Å². The van der Waals surface area contributed by atoms with E-state index in [0.29, 0.717) is 0 Å². The number of carbonyl (C=O) groups is 1. The zero-order valence-corrected chi connectivity index (χ0v) is 11.8. The van der Waals surface area contributed by atoms with Crippen LogP contribution in [0.25, 0.3) is 0 Å². The second kappa shape index (κ2) is 6.50. The minimum atomic E-state index is -0.291. The molecule has 0 saturated heterocycles. The van der Waals surface area contributed by atoms with E-state index in [-0.39, 0.29) is 24.1 Å². The molecule has 1 atom stereocenters. The third-order valence-electron chi connectivity index (χ3n) is 2.29. The molecule has 1 rings (SSSR count). The highest BCUT2D eigenvalue weighted by molar-refractivity contribution is 14.1. The van der Waals surface area contributed by atoms with Crippen LogP contribution in [0.5, 0.6) is 5.75 Å². The molecule has 3 nitrogen and oxygen atoms in total. The minimum absolute atomic E-state index is 0.193. The lowest BCUT2D eigenvalue weighted by Crippen LogP contribution is -2.07. The average molecular weight is 344 g/mol. The first-order valence-corrected chi connectivity index (χ1v) is 6.14. The van der Waals surface area contributed by atoms with Crippen LogP contribution in [0.2, 0.25) is 0 Å². The van der Waals surface area contributed by atoms with Crippen LogP contribution in [-0.2, 0) is 9.53 Å². The molecule has 1 aromatic rings. The van der Waals surface area contributed by atoms with Crippen LogP contribution in [0.1, 0.15) is 24.8 Å². The number of ether oxygens (including phenoxy) is 1. The number of methoxy groups -OCH3 is 1. The van der Waals surface area contributed by atoms with Crippen LogP contribution >= 0.6 is 22.6 Å². The summed E-state index contributed by atoms with van der Waals surface area (Å²) in [6, 6.07) is 5.21. The normalized spacial score (nSPS) is 11.2. The van der Waals surface area contributed by atoms with E-state index >= 15 is 0 Å². The second-order valence-corrected chi connectivity index (χ2v) is 4.60. The number of hydrogen-bond acceptors (Lipinski definition) is 3. The number of carbonyl (C=O) groups excluding carboxylic acids is 1. The van der Waals surface area contributed by atoms with Crippen LogP contribution in [0.3, 0.4) is 0 Å². The van der Waals surface area contributed by atoms with Crippen LogP contribution in [-0.4, -0.2) is 18.2 Å². The van der Waals surface area contributed by atoms with Gasteiger partial charge in [0.05, 0.1) is 23.0 Å². The SMILES string of the molecule is CC#C[C@H](CC(=O)OC)c1ccc(O)c(I)c1. The molecular formula is C13H13IO3. The highest BCUT2D eigenvalue weighted by Crippen LogP contribution is 2.26. The molecule has 0 aliphatic rings. The van der Waals surface area contributed by atoms with Crippen molar-refractivity contribution in [3.8, 4) is 17.6 Å². The maximum Gasteiger partial charge on any atom is 0.307 e. The summed E-state index contributed by atoms with van der Waals surface area (Å²) in [5.74, 6) is 5.53. The van der Waals surface area contributed by atoms with Crippen LogP contribution < -0.4 is 0 Å². The largest absolute Gasteiger partial charge is 0.507 e. The highest BCUT2D eigenvalue weighted by Gasteiger charge is 2.15. The second-order valence-electron chi connectivity index (χ2n) is 3.44. The number of benzene rings is 1. The molecule has 0 amide bonds. The molecule has 0 saturated carbocycles. The van der Waals surface area contributed by atoms with Gasteiger partial charge in [-0.1, -0.05) is 12.0 Å². The Bertz CT molecular complexity index is 471. The van der Waals surface area contributed by atoms with Crippen molar-refractivity contribution in [1.29, 1.82) is 0 Å². The molecule has 0 spiro atoms. The van der Waals surface area contributed by atoms with Gasteiger partial charge in [0.25, 0.3) is 0 Å². The fraction of sp³-hybridized carbons (Fsp3) is 0.308. The van der Waals surface area contributed by atoms with E-state index < -0.39 is 0 Å². The topological polar surface area (TPSA) is 46.5 Å². The summed E-state index contributed by atoms with van der Waals surface area (Å²) in [5, 5.41) is 9.45. The molecule has 0 aliphatic heterocycles. The van der Waals surface area contributed by atoms with Crippen LogP contribution in [0.15, 0.2) is 18.2 Å². The van der Waals surface area contributed by atoms with Crippen molar-refractivity contribution >= 4 is 28.6 Å². The van der Waals surface area contributed by atoms with Gasteiger partial charge in [0.15, 0.2) is 0 Å². The lowest BCUT2D eigenvalue weighted by Gasteiger charge is -2.10. The first-order valence-electron chi connectivity index (χ1n) is 5.06. The minimum Gasteiger partial charge on any atom is -0.507 e. The van der Waals surface area contributed by atoms with E-state index in [4.69, 9.17) is 0 Å². The number of halogens is 1. The van der Waals surface area contributed by atoms with Gasteiger partial charge in [-0.25, -0.2) is 0 Å². The van der Waals surface area contributed by atoms with E-state index in [0.717, 1.165) is 9.13 Å². The Balaban J connectivity index is 2.99. The van der Waals surface area contributed by atoms with E-state index in [1.165, 1.54) is 7.11 Å². The Labute approximate surface area is 114 Å². The van der Waals surface area contributed by atoms with Gasteiger partial charge in [-0.05, 0) is 47.2 Å². The van der Waals surface area contributed by atoms with Gasteiger partial charge >= 0.3 is 5.97 Å². The van der Waals surface area contributed by atoms with Gasteiger partial charge in [0.2, 0.25) is 0 Å². The van der Waals surface area contributed by atoms with Crippen molar-refractivity contribution in [3.63, 3.8) is 0 Å². The lowest BCUT2D eigenvalue weighted by molar-refractivity contribution is -0.140. The molecule has 1 aromatic carbocycles. The molecule has 0 radical (unpaired) electrons. The number of phenolic OH excluding ortho intramolecular Hbond substituents is 1. The fourth-order valence-corrected chi connectivity index (χ4v) is 1.96. The van der Waals surface area contributed by atoms with Crippen molar-refractivity contribution in [3.05, 3.63) is 27.3 Å². The summed E-state index contributed by atoms with van der Waals surface area (Å²) >= 11 is 2.04.